The maximum Gasteiger partial charge on any atom is 0.254 e. The summed E-state index contributed by atoms with van der Waals surface area (Å²) in [5, 5.41) is 10.8. The molecular formula is C21H23NO3. The van der Waals surface area contributed by atoms with Crippen molar-refractivity contribution in [1.82, 2.24) is 4.90 Å². The minimum absolute atomic E-state index is 0.0875. The summed E-state index contributed by atoms with van der Waals surface area (Å²) < 4.78 is 0. The van der Waals surface area contributed by atoms with E-state index < -0.39 is 12.1 Å². The largest absolute Gasteiger partial charge is 0.386 e. The second-order valence-corrected chi connectivity index (χ2v) is 6.79. The van der Waals surface area contributed by atoms with Gasteiger partial charge in [0.2, 0.25) is 0 Å². The molecule has 1 aliphatic rings. The Labute approximate surface area is 148 Å². The molecule has 0 spiro atoms. The van der Waals surface area contributed by atoms with Gasteiger partial charge in [-0.15, -0.1) is 0 Å². The number of amides is 1. The molecule has 1 saturated heterocycles. The number of hydrogen-bond donors (Lipinski definition) is 1. The van der Waals surface area contributed by atoms with Crippen molar-refractivity contribution in [2.24, 2.45) is 0 Å². The number of carbonyl (C=O) groups excluding carboxylic acids is 2. The monoisotopic (exact) mass is 337 g/mol. The Hall–Kier alpha value is -2.46. The van der Waals surface area contributed by atoms with Crippen LogP contribution in [-0.2, 0) is 4.79 Å². The smallest absolute Gasteiger partial charge is 0.254 e. The van der Waals surface area contributed by atoms with E-state index in [-0.39, 0.29) is 18.1 Å². The fourth-order valence-electron chi connectivity index (χ4n) is 3.53. The van der Waals surface area contributed by atoms with Crippen LogP contribution in [-0.4, -0.2) is 34.3 Å². The van der Waals surface area contributed by atoms with E-state index in [4.69, 9.17) is 0 Å². The Morgan fingerprint density at radius 2 is 1.76 bits per heavy atom. The summed E-state index contributed by atoms with van der Waals surface area (Å²) in [5.74, 6) is -0.0382. The van der Waals surface area contributed by atoms with Crippen molar-refractivity contribution in [1.29, 1.82) is 0 Å². The second kappa shape index (κ2) is 7.19. The third kappa shape index (κ3) is 3.80. The predicted octanol–water partition coefficient (Wildman–Crippen LogP) is 3.21. The van der Waals surface area contributed by atoms with Crippen molar-refractivity contribution in [2.45, 2.75) is 38.8 Å². The zero-order valence-electron chi connectivity index (χ0n) is 14.6. The summed E-state index contributed by atoms with van der Waals surface area (Å²) in [4.78, 5) is 26.7. The van der Waals surface area contributed by atoms with Crippen LogP contribution in [0.5, 0.6) is 0 Å². The number of likely N-dealkylation sites (tertiary alicyclic amines) is 1. The number of rotatable bonds is 3. The number of piperidine rings is 1. The standard InChI is InChI=1S/C21H23NO3/c1-14-10-15(2)12-17(11-14)21(25)22-9-8-18(23)13-19(22)20(24)16-6-4-3-5-7-16/h3-7,10-12,19-20,24H,8-9,13H2,1-2H3/t19-,20-/m1/s1. The molecule has 1 amide bonds. The van der Waals surface area contributed by atoms with Crippen LogP contribution in [0.1, 0.15) is 46.0 Å². The first-order valence-electron chi connectivity index (χ1n) is 8.59. The molecule has 0 saturated carbocycles. The molecule has 0 aromatic heterocycles. The number of aliphatic hydroxyl groups is 1. The molecule has 1 aliphatic heterocycles. The van der Waals surface area contributed by atoms with E-state index in [9.17, 15) is 14.7 Å². The molecule has 25 heavy (non-hydrogen) atoms. The highest BCUT2D eigenvalue weighted by atomic mass is 16.3. The molecule has 2 aromatic carbocycles. The number of hydrogen-bond acceptors (Lipinski definition) is 3. The maximum absolute atomic E-state index is 13.1. The highest BCUT2D eigenvalue weighted by Crippen LogP contribution is 2.29. The van der Waals surface area contributed by atoms with Crippen molar-refractivity contribution in [3.05, 3.63) is 70.8 Å². The summed E-state index contributed by atoms with van der Waals surface area (Å²) in [7, 11) is 0. The van der Waals surface area contributed by atoms with Crippen LogP contribution >= 0.6 is 0 Å². The van der Waals surface area contributed by atoms with Gasteiger partial charge in [0.1, 0.15) is 5.78 Å². The van der Waals surface area contributed by atoms with Gasteiger partial charge in [0.25, 0.3) is 5.91 Å². The van der Waals surface area contributed by atoms with E-state index in [2.05, 4.69) is 0 Å². The molecule has 0 bridgehead atoms. The molecule has 0 aliphatic carbocycles. The van der Waals surface area contributed by atoms with Gasteiger partial charge in [0.05, 0.1) is 12.1 Å². The quantitative estimate of drug-likeness (QED) is 0.936. The van der Waals surface area contributed by atoms with Gasteiger partial charge in [0, 0.05) is 24.9 Å². The average Bonchev–Trinajstić information content (AvgIpc) is 2.60. The van der Waals surface area contributed by atoms with Crippen molar-refractivity contribution in [2.75, 3.05) is 6.54 Å². The molecule has 2 atom stereocenters. The minimum Gasteiger partial charge on any atom is -0.386 e. The molecule has 130 valence electrons. The zero-order valence-corrected chi connectivity index (χ0v) is 14.6. The molecular weight excluding hydrogens is 314 g/mol. The first-order chi connectivity index (χ1) is 12.0. The number of Topliss-reactive ketones (excluding diaryl/α,β-unsaturated/α-hetero) is 1. The molecule has 4 nitrogen and oxygen atoms in total. The Kier molecular flexibility index (Phi) is 5.00. The van der Waals surface area contributed by atoms with Crippen LogP contribution in [0.15, 0.2) is 48.5 Å². The Morgan fingerprint density at radius 1 is 1.12 bits per heavy atom. The van der Waals surface area contributed by atoms with Gasteiger partial charge in [0.15, 0.2) is 0 Å². The summed E-state index contributed by atoms with van der Waals surface area (Å²) in [5.41, 5.74) is 3.38. The van der Waals surface area contributed by atoms with Gasteiger partial charge in [-0.2, -0.15) is 0 Å². The Bertz CT molecular complexity index is 765. The lowest BCUT2D eigenvalue weighted by Gasteiger charge is -2.38. The molecule has 2 aromatic rings. The normalized spacial score (nSPS) is 18.9. The van der Waals surface area contributed by atoms with Gasteiger partial charge in [-0.1, -0.05) is 47.5 Å². The Balaban J connectivity index is 1.91. The summed E-state index contributed by atoms with van der Waals surface area (Å²) in [6, 6.07) is 14.4. The van der Waals surface area contributed by atoms with E-state index in [0.29, 0.717) is 18.5 Å². The van der Waals surface area contributed by atoms with Crippen LogP contribution in [0, 0.1) is 13.8 Å². The van der Waals surface area contributed by atoms with Crippen LogP contribution in [0.2, 0.25) is 0 Å². The lowest BCUT2D eigenvalue weighted by Crippen LogP contribution is -2.49. The van der Waals surface area contributed by atoms with Crippen LogP contribution in [0.4, 0.5) is 0 Å². The summed E-state index contributed by atoms with van der Waals surface area (Å²) >= 11 is 0. The molecule has 3 rings (SSSR count). The van der Waals surface area contributed by atoms with Crippen molar-refractivity contribution >= 4 is 11.7 Å². The first kappa shape index (κ1) is 17.4. The number of aryl methyl sites for hydroxylation is 2. The third-order valence-corrected chi connectivity index (χ3v) is 4.70. The van der Waals surface area contributed by atoms with Crippen molar-refractivity contribution in [3.8, 4) is 0 Å². The van der Waals surface area contributed by atoms with Crippen LogP contribution in [0.25, 0.3) is 0 Å². The number of ketones is 1. The van der Waals surface area contributed by atoms with Crippen LogP contribution < -0.4 is 0 Å². The number of carbonyl (C=O) groups is 2. The molecule has 1 heterocycles. The third-order valence-electron chi connectivity index (χ3n) is 4.70. The van der Waals surface area contributed by atoms with E-state index in [1.165, 1.54) is 0 Å². The number of aliphatic hydroxyl groups excluding tert-OH is 1. The highest BCUT2D eigenvalue weighted by molar-refractivity contribution is 5.96. The topological polar surface area (TPSA) is 57.6 Å². The van der Waals surface area contributed by atoms with Crippen LogP contribution in [0.3, 0.4) is 0 Å². The average molecular weight is 337 g/mol. The van der Waals surface area contributed by atoms with Gasteiger partial charge in [-0.25, -0.2) is 0 Å². The predicted molar refractivity (Wildman–Crippen MR) is 96.4 cm³/mol. The molecule has 0 radical (unpaired) electrons. The first-order valence-corrected chi connectivity index (χ1v) is 8.59. The summed E-state index contributed by atoms with van der Waals surface area (Å²) in [6.07, 6.45) is -0.346. The maximum atomic E-state index is 13.1. The molecule has 1 N–H and O–H groups in total. The zero-order chi connectivity index (χ0) is 18.0. The Morgan fingerprint density at radius 3 is 2.40 bits per heavy atom. The number of benzene rings is 2. The fraction of sp³-hybridized carbons (Fsp3) is 0.333. The second-order valence-electron chi connectivity index (χ2n) is 6.79. The number of nitrogens with zero attached hydrogens (tertiary/aromatic N) is 1. The van der Waals surface area contributed by atoms with Gasteiger partial charge >= 0.3 is 0 Å². The lowest BCUT2D eigenvalue weighted by molar-refractivity contribution is -0.124. The van der Waals surface area contributed by atoms with Gasteiger partial charge < -0.3 is 10.0 Å². The van der Waals surface area contributed by atoms with E-state index >= 15 is 0 Å². The molecule has 1 fully saturated rings. The highest BCUT2D eigenvalue weighted by Gasteiger charge is 2.36. The van der Waals surface area contributed by atoms with E-state index in [0.717, 1.165) is 16.7 Å². The van der Waals surface area contributed by atoms with Gasteiger partial charge in [-0.3, -0.25) is 9.59 Å². The minimum atomic E-state index is -0.875. The van der Waals surface area contributed by atoms with Crippen molar-refractivity contribution in [3.63, 3.8) is 0 Å². The van der Waals surface area contributed by atoms with E-state index in [1.807, 2.05) is 62.4 Å². The lowest BCUT2D eigenvalue weighted by atomic mass is 9.91. The van der Waals surface area contributed by atoms with Gasteiger partial charge in [-0.05, 0) is 31.5 Å². The fourth-order valence-corrected chi connectivity index (χ4v) is 3.53. The SMILES string of the molecule is Cc1cc(C)cc(C(=O)N2CCC(=O)C[C@@H]2[C@H](O)c2ccccc2)c1. The van der Waals surface area contributed by atoms with E-state index in [1.54, 1.807) is 4.90 Å². The molecule has 0 unspecified atom stereocenters. The summed E-state index contributed by atoms with van der Waals surface area (Å²) in [6.45, 7) is 4.26. The molecule has 4 heteroatoms. The van der Waals surface area contributed by atoms with Crippen molar-refractivity contribution < 1.29 is 14.7 Å².